The first-order valence-electron chi connectivity index (χ1n) is 10.8. The number of nitrogens with one attached hydrogen (secondary N) is 1. The van der Waals surface area contributed by atoms with Crippen LogP contribution in [0.3, 0.4) is 0 Å². The van der Waals surface area contributed by atoms with Crippen molar-refractivity contribution < 1.29 is 22.7 Å². The Kier molecular flexibility index (Phi) is 7.83. The van der Waals surface area contributed by atoms with Gasteiger partial charge < -0.3 is 14.8 Å². The van der Waals surface area contributed by atoms with Crippen molar-refractivity contribution in [3.8, 4) is 11.5 Å². The Bertz CT molecular complexity index is 1260. The third-order valence-corrected chi connectivity index (χ3v) is 7.52. The average Bonchev–Trinajstić information content (AvgIpc) is 2.84. The van der Waals surface area contributed by atoms with E-state index in [-0.39, 0.29) is 17.5 Å². The Hall–Kier alpha value is -3.52. The van der Waals surface area contributed by atoms with Crippen LogP contribution in [0.1, 0.15) is 29.7 Å². The Morgan fingerprint density at radius 3 is 2.26 bits per heavy atom. The van der Waals surface area contributed by atoms with Gasteiger partial charge in [-0.25, -0.2) is 8.42 Å². The highest BCUT2D eigenvalue weighted by Gasteiger charge is 2.29. The van der Waals surface area contributed by atoms with Gasteiger partial charge in [0.15, 0.2) is 11.5 Å². The van der Waals surface area contributed by atoms with E-state index in [0.717, 1.165) is 16.7 Å². The highest BCUT2D eigenvalue weighted by molar-refractivity contribution is 7.92. The number of amides is 1. The minimum Gasteiger partial charge on any atom is -0.493 e. The molecule has 180 valence electrons. The summed E-state index contributed by atoms with van der Waals surface area (Å²) in [5, 5.41) is 2.90. The maximum Gasteiger partial charge on any atom is 0.264 e. The van der Waals surface area contributed by atoms with Crippen molar-refractivity contribution in [1.29, 1.82) is 0 Å². The largest absolute Gasteiger partial charge is 0.493 e. The van der Waals surface area contributed by atoms with E-state index < -0.39 is 15.9 Å². The van der Waals surface area contributed by atoms with Crippen molar-refractivity contribution in [2.45, 2.75) is 31.7 Å². The number of benzene rings is 3. The zero-order valence-electron chi connectivity index (χ0n) is 20.0. The molecule has 3 rings (SSSR count). The van der Waals surface area contributed by atoms with Crippen LogP contribution < -0.4 is 19.1 Å². The summed E-state index contributed by atoms with van der Waals surface area (Å²) in [7, 11) is -0.876. The number of sulfonamides is 1. The molecule has 0 saturated carbocycles. The Balaban J connectivity index is 1.91. The van der Waals surface area contributed by atoms with E-state index in [4.69, 9.17) is 9.47 Å². The summed E-state index contributed by atoms with van der Waals surface area (Å²) in [5.74, 6) is 0.701. The third kappa shape index (κ3) is 5.34. The summed E-state index contributed by atoms with van der Waals surface area (Å²) < 4.78 is 38.9. The molecule has 7 nitrogen and oxygen atoms in total. The van der Waals surface area contributed by atoms with Crippen LogP contribution in [0.4, 0.5) is 5.69 Å². The van der Waals surface area contributed by atoms with Gasteiger partial charge in [0.25, 0.3) is 10.0 Å². The second kappa shape index (κ2) is 10.6. The predicted octanol–water partition coefficient (Wildman–Crippen LogP) is 4.39. The third-order valence-electron chi connectivity index (χ3n) is 5.75. The number of carbonyl (C=O) groups excluding carboxylic acids is 1. The quantitative estimate of drug-likeness (QED) is 0.489. The van der Waals surface area contributed by atoms with Crippen LogP contribution in [0.5, 0.6) is 11.5 Å². The molecule has 3 aromatic rings. The van der Waals surface area contributed by atoms with E-state index in [1.165, 1.54) is 16.4 Å². The van der Waals surface area contributed by atoms with Gasteiger partial charge in [0, 0.05) is 0 Å². The Morgan fingerprint density at radius 1 is 0.941 bits per heavy atom. The van der Waals surface area contributed by atoms with Crippen LogP contribution in [-0.4, -0.2) is 35.1 Å². The highest BCUT2D eigenvalue weighted by Crippen LogP contribution is 2.31. The number of anilines is 1. The number of hydrogen-bond acceptors (Lipinski definition) is 5. The van der Waals surface area contributed by atoms with Gasteiger partial charge in [0.05, 0.1) is 30.8 Å². The number of nitrogens with zero attached hydrogens (tertiary/aromatic N) is 1. The molecule has 0 spiro atoms. The molecule has 0 radical (unpaired) electrons. The maximum atomic E-state index is 13.6. The number of methoxy groups -OCH3 is 2. The molecule has 0 aliphatic carbocycles. The minimum atomic E-state index is -3.97. The molecule has 0 saturated heterocycles. The molecule has 1 atom stereocenters. The minimum absolute atomic E-state index is 0.122. The van der Waals surface area contributed by atoms with E-state index in [9.17, 15) is 13.2 Å². The molecule has 0 heterocycles. The molecule has 0 aliphatic heterocycles. The molecule has 0 bridgehead atoms. The predicted molar refractivity (Wildman–Crippen MR) is 133 cm³/mol. The first-order valence-corrected chi connectivity index (χ1v) is 12.3. The molecule has 34 heavy (non-hydrogen) atoms. The summed E-state index contributed by atoms with van der Waals surface area (Å²) in [4.78, 5) is 13.2. The molecule has 8 heteroatoms. The Morgan fingerprint density at radius 2 is 1.62 bits per heavy atom. The van der Waals surface area contributed by atoms with Gasteiger partial charge in [-0.3, -0.25) is 9.10 Å². The highest BCUT2D eigenvalue weighted by atomic mass is 32.2. The number of ether oxygens (including phenoxy) is 2. The SMILES string of the molecule is COc1ccc([C@H](C)NC(=O)CN(c2cccc(C)c2C)S(=O)(=O)c2ccccc2)cc1OC. The number of rotatable bonds is 9. The average molecular weight is 483 g/mol. The maximum absolute atomic E-state index is 13.6. The fraction of sp³-hybridized carbons (Fsp3) is 0.269. The van der Waals surface area contributed by atoms with Crippen molar-refractivity contribution in [3.63, 3.8) is 0 Å². The molecule has 1 N–H and O–H groups in total. The number of carbonyl (C=O) groups is 1. The van der Waals surface area contributed by atoms with Gasteiger partial charge >= 0.3 is 0 Å². The van der Waals surface area contributed by atoms with E-state index in [1.807, 2.05) is 32.9 Å². The van der Waals surface area contributed by atoms with Crippen LogP contribution in [0, 0.1) is 13.8 Å². The molecule has 0 unspecified atom stereocenters. The summed E-state index contributed by atoms with van der Waals surface area (Å²) in [5.41, 5.74) is 3.00. The van der Waals surface area contributed by atoms with Gasteiger partial charge in [-0.15, -0.1) is 0 Å². The van der Waals surface area contributed by atoms with Crippen LogP contribution >= 0.6 is 0 Å². The smallest absolute Gasteiger partial charge is 0.264 e. The zero-order valence-corrected chi connectivity index (χ0v) is 20.8. The van der Waals surface area contributed by atoms with Crippen molar-refractivity contribution >= 4 is 21.6 Å². The summed E-state index contributed by atoms with van der Waals surface area (Å²) >= 11 is 0. The molecule has 1 amide bonds. The van der Waals surface area contributed by atoms with Crippen molar-refractivity contribution in [3.05, 3.63) is 83.4 Å². The fourth-order valence-electron chi connectivity index (χ4n) is 3.65. The monoisotopic (exact) mass is 482 g/mol. The van der Waals surface area contributed by atoms with Gasteiger partial charge in [-0.05, 0) is 67.8 Å². The lowest BCUT2D eigenvalue weighted by atomic mass is 10.1. The second-order valence-corrected chi connectivity index (χ2v) is 9.81. The molecule has 3 aromatic carbocycles. The van der Waals surface area contributed by atoms with Crippen molar-refractivity contribution in [2.75, 3.05) is 25.1 Å². The number of hydrogen-bond donors (Lipinski definition) is 1. The lowest BCUT2D eigenvalue weighted by molar-refractivity contribution is -0.120. The summed E-state index contributed by atoms with van der Waals surface area (Å²) in [6, 6.07) is 18.5. The van der Waals surface area contributed by atoms with Gasteiger partial charge in [0.2, 0.25) is 5.91 Å². The first-order chi connectivity index (χ1) is 16.2. The topological polar surface area (TPSA) is 84.9 Å². The van der Waals surface area contributed by atoms with Crippen molar-refractivity contribution in [2.24, 2.45) is 0 Å². The van der Waals surface area contributed by atoms with Crippen LogP contribution in [0.2, 0.25) is 0 Å². The molecule has 0 aromatic heterocycles. The van der Waals surface area contributed by atoms with E-state index >= 15 is 0 Å². The van der Waals surface area contributed by atoms with Gasteiger partial charge in [0.1, 0.15) is 6.54 Å². The standard InChI is InChI=1S/C26H30N2O5S/c1-18-10-9-13-23(19(18)2)28(34(30,31)22-11-7-6-8-12-22)17-26(29)27-20(3)21-14-15-24(32-4)25(16-21)33-5/h6-16,20H,17H2,1-5H3,(H,27,29)/t20-/m0/s1. The van der Waals surface area contributed by atoms with Crippen LogP contribution in [0.15, 0.2) is 71.6 Å². The lowest BCUT2D eigenvalue weighted by Crippen LogP contribution is -2.42. The summed E-state index contributed by atoms with van der Waals surface area (Å²) in [6.45, 7) is 5.22. The number of aryl methyl sites for hydroxylation is 1. The zero-order chi connectivity index (χ0) is 24.9. The Labute approximate surface area is 201 Å². The second-order valence-electron chi connectivity index (χ2n) is 7.95. The first kappa shape index (κ1) is 25.1. The van der Waals surface area contributed by atoms with E-state index in [2.05, 4.69) is 5.32 Å². The van der Waals surface area contributed by atoms with Gasteiger partial charge in [-0.1, -0.05) is 36.4 Å². The fourth-order valence-corrected chi connectivity index (χ4v) is 5.15. The molecular formula is C26H30N2O5S. The van der Waals surface area contributed by atoms with E-state index in [1.54, 1.807) is 56.7 Å². The van der Waals surface area contributed by atoms with Gasteiger partial charge in [-0.2, -0.15) is 0 Å². The molecular weight excluding hydrogens is 452 g/mol. The molecule has 0 fully saturated rings. The van der Waals surface area contributed by atoms with Crippen LogP contribution in [-0.2, 0) is 14.8 Å². The van der Waals surface area contributed by atoms with Crippen molar-refractivity contribution in [1.82, 2.24) is 5.32 Å². The normalized spacial score (nSPS) is 12.0. The lowest BCUT2D eigenvalue weighted by Gasteiger charge is -2.27. The van der Waals surface area contributed by atoms with E-state index in [0.29, 0.717) is 17.2 Å². The summed E-state index contributed by atoms with van der Waals surface area (Å²) in [6.07, 6.45) is 0. The molecule has 0 aliphatic rings. The van der Waals surface area contributed by atoms with Crippen LogP contribution in [0.25, 0.3) is 0 Å².